The summed E-state index contributed by atoms with van der Waals surface area (Å²) in [5, 5.41) is 9.63. The third kappa shape index (κ3) is 2.28. The summed E-state index contributed by atoms with van der Waals surface area (Å²) in [6.07, 6.45) is 2.98. The Bertz CT molecular complexity index is 722. The van der Waals surface area contributed by atoms with Crippen molar-refractivity contribution in [3.8, 4) is 17.7 Å². The van der Waals surface area contributed by atoms with Gasteiger partial charge in [-0.3, -0.25) is 0 Å². The molecule has 0 spiro atoms. The van der Waals surface area contributed by atoms with Gasteiger partial charge in [0.15, 0.2) is 0 Å². The standard InChI is InChI=1S/C15H12ClN3O/c16-12-7-11(4-5-13(12)18)20-15-10(8-17)6-9-2-1-3-14(9)19-15/h4-7H,1-3,18H2. The van der Waals surface area contributed by atoms with E-state index >= 15 is 0 Å². The highest BCUT2D eigenvalue weighted by Crippen LogP contribution is 2.31. The summed E-state index contributed by atoms with van der Waals surface area (Å²) in [4.78, 5) is 4.45. The summed E-state index contributed by atoms with van der Waals surface area (Å²) in [6.45, 7) is 0. The Morgan fingerprint density at radius 3 is 2.90 bits per heavy atom. The van der Waals surface area contributed by atoms with E-state index in [1.807, 2.05) is 6.07 Å². The largest absolute Gasteiger partial charge is 0.438 e. The highest BCUT2D eigenvalue weighted by molar-refractivity contribution is 6.33. The minimum atomic E-state index is 0.328. The maximum absolute atomic E-state index is 9.21. The lowest BCUT2D eigenvalue weighted by Crippen LogP contribution is -1.97. The van der Waals surface area contributed by atoms with E-state index in [0.717, 1.165) is 30.5 Å². The Morgan fingerprint density at radius 1 is 1.30 bits per heavy atom. The van der Waals surface area contributed by atoms with E-state index in [-0.39, 0.29) is 0 Å². The van der Waals surface area contributed by atoms with Crippen LogP contribution >= 0.6 is 11.6 Å². The van der Waals surface area contributed by atoms with Crippen LogP contribution in [-0.2, 0) is 12.8 Å². The number of ether oxygens (including phenoxy) is 1. The second-order valence-electron chi connectivity index (χ2n) is 4.70. The van der Waals surface area contributed by atoms with Gasteiger partial charge in [0.05, 0.1) is 10.7 Å². The predicted molar refractivity (Wildman–Crippen MR) is 76.9 cm³/mol. The fourth-order valence-corrected chi connectivity index (χ4v) is 2.46. The molecule has 1 aromatic heterocycles. The molecule has 2 aromatic rings. The van der Waals surface area contributed by atoms with E-state index in [1.54, 1.807) is 18.2 Å². The summed E-state index contributed by atoms with van der Waals surface area (Å²) in [6, 6.07) is 8.98. The SMILES string of the molecule is N#Cc1cc2c(nc1Oc1ccc(N)c(Cl)c1)CCC2. The van der Waals surface area contributed by atoms with Crippen LogP contribution in [0.15, 0.2) is 24.3 Å². The fourth-order valence-electron chi connectivity index (χ4n) is 2.29. The van der Waals surface area contributed by atoms with Crippen molar-refractivity contribution in [1.82, 2.24) is 4.98 Å². The maximum atomic E-state index is 9.21. The van der Waals surface area contributed by atoms with Gasteiger partial charge in [-0.15, -0.1) is 0 Å². The van der Waals surface area contributed by atoms with Crippen molar-refractivity contribution in [2.45, 2.75) is 19.3 Å². The molecule has 20 heavy (non-hydrogen) atoms. The number of benzene rings is 1. The van der Waals surface area contributed by atoms with Crippen molar-refractivity contribution in [2.75, 3.05) is 5.73 Å². The highest BCUT2D eigenvalue weighted by atomic mass is 35.5. The quantitative estimate of drug-likeness (QED) is 0.858. The number of hydrogen-bond donors (Lipinski definition) is 1. The van der Waals surface area contributed by atoms with Gasteiger partial charge in [-0.05, 0) is 43.0 Å². The molecule has 1 aliphatic rings. The number of nitriles is 1. The summed E-state index contributed by atoms with van der Waals surface area (Å²) in [7, 11) is 0. The zero-order valence-corrected chi connectivity index (χ0v) is 11.4. The number of halogens is 1. The second kappa shape index (κ2) is 5.03. The first-order valence-electron chi connectivity index (χ1n) is 6.33. The number of nitrogen functional groups attached to an aromatic ring is 1. The third-order valence-electron chi connectivity index (χ3n) is 3.32. The highest BCUT2D eigenvalue weighted by Gasteiger charge is 2.17. The van der Waals surface area contributed by atoms with Gasteiger partial charge in [-0.1, -0.05) is 11.6 Å². The van der Waals surface area contributed by atoms with E-state index in [2.05, 4.69) is 11.1 Å². The smallest absolute Gasteiger partial charge is 0.237 e. The zero-order chi connectivity index (χ0) is 14.1. The van der Waals surface area contributed by atoms with E-state index in [4.69, 9.17) is 22.1 Å². The molecule has 4 nitrogen and oxygen atoms in total. The lowest BCUT2D eigenvalue weighted by Gasteiger charge is -2.09. The Labute approximate surface area is 121 Å². The minimum Gasteiger partial charge on any atom is -0.438 e. The van der Waals surface area contributed by atoms with Crippen LogP contribution < -0.4 is 10.5 Å². The summed E-state index contributed by atoms with van der Waals surface area (Å²) in [5.74, 6) is 0.847. The number of hydrogen-bond acceptors (Lipinski definition) is 4. The second-order valence-corrected chi connectivity index (χ2v) is 5.10. The number of nitrogens with zero attached hydrogens (tertiary/aromatic N) is 2. The molecule has 0 aliphatic heterocycles. The summed E-state index contributed by atoms with van der Waals surface area (Å²) >= 11 is 5.96. The average molecular weight is 286 g/mol. The fraction of sp³-hybridized carbons (Fsp3) is 0.200. The van der Waals surface area contributed by atoms with Crippen LogP contribution in [-0.4, -0.2) is 4.98 Å². The van der Waals surface area contributed by atoms with Gasteiger partial charge >= 0.3 is 0 Å². The molecule has 0 amide bonds. The Kier molecular flexibility index (Phi) is 3.21. The Hall–Kier alpha value is -2.25. The Morgan fingerprint density at radius 2 is 2.15 bits per heavy atom. The first kappa shape index (κ1) is 12.8. The molecule has 1 heterocycles. The van der Waals surface area contributed by atoms with Crippen LogP contribution in [0, 0.1) is 11.3 Å². The molecule has 0 atom stereocenters. The molecule has 1 aliphatic carbocycles. The molecule has 0 unspecified atom stereocenters. The number of fused-ring (bicyclic) bond motifs is 1. The maximum Gasteiger partial charge on any atom is 0.237 e. The molecule has 0 saturated carbocycles. The van der Waals surface area contributed by atoms with Crippen LogP contribution in [0.5, 0.6) is 11.6 Å². The first-order chi connectivity index (χ1) is 9.67. The molecule has 3 rings (SSSR count). The molecule has 0 bridgehead atoms. The number of anilines is 1. The number of aryl methyl sites for hydroxylation is 2. The molecule has 0 radical (unpaired) electrons. The lowest BCUT2D eigenvalue weighted by molar-refractivity contribution is 0.459. The van der Waals surface area contributed by atoms with Gasteiger partial charge in [0.2, 0.25) is 5.88 Å². The monoisotopic (exact) mass is 285 g/mol. The van der Waals surface area contributed by atoms with Gasteiger partial charge in [-0.2, -0.15) is 5.26 Å². The van der Waals surface area contributed by atoms with Crippen molar-refractivity contribution in [3.63, 3.8) is 0 Å². The van der Waals surface area contributed by atoms with E-state index < -0.39 is 0 Å². The summed E-state index contributed by atoms with van der Waals surface area (Å²) in [5.41, 5.74) is 8.74. The number of pyridine rings is 1. The van der Waals surface area contributed by atoms with Gasteiger partial charge in [-0.25, -0.2) is 4.98 Å². The Balaban J connectivity index is 1.98. The van der Waals surface area contributed by atoms with E-state index in [1.165, 1.54) is 0 Å². The van der Waals surface area contributed by atoms with E-state index in [9.17, 15) is 5.26 Å². The van der Waals surface area contributed by atoms with Crippen LogP contribution in [0.25, 0.3) is 0 Å². The molecule has 1 aromatic carbocycles. The molecular formula is C15H12ClN3O. The number of nitrogens with two attached hydrogens (primary N) is 1. The summed E-state index contributed by atoms with van der Waals surface area (Å²) < 4.78 is 5.69. The average Bonchev–Trinajstić information content (AvgIpc) is 2.89. The molecular weight excluding hydrogens is 274 g/mol. The van der Waals surface area contributed by atoms with Crippen molar-refractivity contribution < 1.29 is 4.74 Å². The van der Waals surface area contributed by atoms with Crippen LogP contribution in [0.3, 0.4) is 0 Å². The van der Waals surface area contributed by atoms with Crippen LogP contribution in [0.4, 0.5) is 5.69 Å². The molecule has 0 fully saturated rings. The zero-order valence-electron chi connectivity index (χ0n) is 10.7. The van der Waals surface area contributed by atoms with Crippen LogP contribution in [0.1, 0.15) is 23.2 Å². The molecule has 5 heteroatoms. The van der Waals surface area contributed by atoms with E-state index in [0.29, 0.717) is 27.9 Å². The normalized spacial score (nSPS) is 12.8. The third-order valence-corrected chi connectivity index (χ3v) is 3.65. The van der Waals surface area contributed by atoms with Gasteiger partial charge in [0.25, 0.3) is 0 Å². The van der Waals surface area contributed by atoms with Gasteiger partial charge < -0.3 is 10.5 Å². The predicted octanol–water partition coefficient (Wildman–Crippen LogP) is 3.47. The minimum absolute atomic E-state index is 0.328. The number of aromatic nitrogens is 1. The number of rotatable bonds is 2. The van der Waals surface area contributed by atoms with Crippen LogP contribution in [0.2, 0.25) is 5.02 Å². The molecule has 100 valence electrons. The van der Waals surface area contributed by atoms with Gasteiger partial charge in [0, 0.05) is 11.8 Å². The lowest BCUT2D eigenvalue weighted by atomic mass is 10.1. The van der Waals surface area contributed by atoms with Crippen molar-refractivity contribution in [2.24, 2.45) is 0 Å². The van der Waals surface area contributed by atoms with Crippen molar-refractivity contribution in [1.29, 1.82) is 5.26 Å². The first-order valence-corrected chi connectivity index (χ1v) is 6.71. The van der Waals surface area contributed by atoms with Gasteiger partial charge in [0.1, 0.15) is 17.4 Å². The molecule has 2 N–H and O–H groups in total. The van der Waals surface area contributed by atoms with Crippen molar-refractivity contribution >= 4 is 17.3 Å². The topological polar surface area (TPSA) is 71.9 Å². The molecule has 0 saturated heterocycles. The van der Waals surface area contributed by atoms with Crippen molar-refractivity contribution in [3.05, 3.63) is 46.1 Å².